The van der Waals surface area contributed by atoms with Gasteiger partial charge in [0, 0.05) is 19.0 Å². The molecule has 1 aromatic rings. The minimum absolute atomic E-state index is 0.0158. The maximum Gasteiger partial charge on any atom is 0.341 e. The minimum atomic E-state index is -1.32. The number of carbonyl (C=O) groups excluding carboxylic acids is 2. The molecule has 1 aromatic heterocycles. The number of amides is 2. The summed E-state index contributed by atoms with van der Waals surface area (Å²) in [6.07, 6.45) is 1.42. The van der Waals surface area contributed by atoms with Crippen LogP contribution >= 0.6 is 0 Å². The number of aromatic nitrogens is 1. The quantitative estimate of drug-likeness (QED) is 0.382. The highest BCUT2D eigenvalue weighted by atomic mass is 16.4. The average Bonchev–Trinajstić information content (AvgIpc) is 2.67. The van der Waals surface area contributed by atoms with Crippen molar-refractivity contribution < 1.29 is 19.5 Å². The molecule has 0 aliphatic carbocycles. The number of hydrazine groups is 1. The van der Waals surface area contributed by atoms with Crippen LogP contribution in [0.15, 0.2) is 12.3 Å². The number of hydrogen-bond donors (Lipinski definition) is 3. The van der Waals surface area contributed by atoms with Crippen LogP contribution < -0.4 is 16.2 Å². The lowest BCUT2D eigenvalue weighted by Gasteiger charge is -2.17. The lowest BCUT2D eigenvalue weighted by atomic mass is 10.2. The molecule has 0 bridgehead atoms. The van der Waals surface area contributed by atoms with Crippen LogP contribution in [0.5, 0.6) is 0 Å². The third kappa shape index (κ3) is 1.78. The zero-order chi connectivity index (χ0) is 13.3. The molecule has 18 heavy (non-hydrogen) atoms. The fraction of sp³-hybridized carbons (Fsp3) is 0.200. The van der Waals surface area contributed by atoms with Gasteiger partial charge in [-0.1, -0.05) is 0 Å². The van der Waals surface area contributed by atoms with E-state index < -0.39 is 17.8 Å². The third-order valence-electron chi connectivity index (χ3n) is 2.57. The van der Waals surface area contributed by atoms with Crippen LogP contribution in [0.2, 0.25) is 0 Å². The van der Waals surface area contributed by atoms with E-state index in [0.29, 0.717) is 0 Å². The Morgan fingerprint density at radius 2 is 2.00 bits per heavy atom. The van der Waals surface area contributed by atoms with E-state index in [9.17, 15) is 14.4 Å². The predicted octanol–water partition coefficient (Wildman–Crippen LogP) is -0.281. The molecule has 0 saturated carbocycles. The smallest absolute Gasteiger partial charge is 0.341 e. The van der Waals surface area contributed by atoms with Crippen LogP contribution in [-0.4, -0.2) is 27.9 Å². The van der Waals surface area contributed by atoms with Crippen molar-refractivity contribution in [1.29, 1.82) is 0 Å². The van der Waals surface area contributed by atoms with Gasteiger partial charge in [-0.2, -0.15) is 0 Å². The lowest BCUT2D eigenvalue weighted by Crippen LogP contribution is -2.31. The van der Waals surface area contributed by atoms with E-state index in [-0.39, 0.29) is 29.9 Å². The molecule has 0 radical (unpaired) electrons. The fourth-order valence-corrected chi connectivity index (χ4v) is 1.80. The summed E-state index contributed by atoms with van der Waals surface area (Å²) in [7, 11) is 0. The molecule has 1 saturated heterocycles. The van der Waals surface area contributed by atoms with Crippen molar-refractivity contribution in [1.82, 2.24) is 4.98 Å². The van der Waals surface area contributed by atoms with Crippen molar-refractivity contribution in [2.75, 3.05) is 10.3 Å². The molecule has 1 aliphatic rings. The molecule has 2 rings (SSSR count). The van der Waals surface area contributed by atoms with Crippen LogP contribution in [0.3, 0.4) is 0 Å². The van der Waals surface area contributed by atoms with Gasteiger partial charge in [-0.15, -0.1) is 0 Å². The largest absolute Gasteiger partial charge is 0.477 e. The number of imide groups is 1. The van der Waals surface area contributed by atoms with Gasteiger partial charge in [-0.25, -0.2) is 20.5 Å². The summed E-state index contributed by atoms with van der Waals surface area (Å²) in [6, 6.07) is 1.30. The SMILES string of the molecule is NNc1nccc(N2C(=O)CCC2=O)c1C(=O)O. The first-order chi connectivity index (χ1) is 8.56. The number of carboxylic acids is 1. The summed E-state index contributed by atoms with van der Waals surface area (Å²) in [5, 5.41) is 9.13. The first kappa shape index (κ1) is 12.0. The summed E-state index contributed by atoms with van der Waals surface area (Å²) < 4.78 is 0. The van der Waals surface area contributed by atoms with Crippen molar-refractivity contribution in [3.8, 4) is 0 Å². The van der Waals surface area contributed by atoms with E-state index in [0.717, 1.165) is 4.90 Å². The van der Waals surface area contributed by atoms with Crippen LogP contribution in [-0.2, 0) is 9.59 Å². The van der Waals surface area contributed by atoms with Gasteiger partial charge in [0.2, 0.25) is 11.8 Å². The molecule has 1 fully saturated rings. The van der Waals surface area contributed by atoms with Gasteiger partial charge < -0.3 is 10.5 Å². The Labute approximate surface area is 101 Å². The summed E-state index contributed by atoms with van der Waals surface area (Å²) in [6.45, 7) is 0. The van der Waals surface area contributed by atoms with Crippen LogP contribution in [0.4, 0.5) is 11.5 Å². The minimum Gasteiger partial charge on any atom is -0.477 e. The second-order valence-electron chi connectivity index (χ2n) is 3.63. The summed E-state index contributed by atoms with van der Waals surface area (Å²) in [5.74, 6) is 2.87. The summed E-state index contributed by atoms with van der Waals surface area (Å²) in [4.78, 5) is 39.0. The number of carboxylic acid groups (broad SMARTS) is 1. The van der Waals surface area contributed by atoms with Gasteiger partial charge in [0.05, 0.1) is 5.69 Å². The van der Waals surface area contributed by atoms with E-state index in [1.165, 1.54) is 12.3 Å². The average molecular weight is 250 g/mol. The van der Waals surface area contributed by atoms with Gasteiger partial charge in [-0.3, -0.25) is 9.59 Å². The van der Waals surface area contributed by atoms with Crippen molar-refractivity contribution in [2.24, 2.45) is 5.84 Å². The maximum atomic E-state index is 11.6. The first-order valence-electron chi connectivity index (χ1n) is 5.11. The number of aromatic carboxylic acids is 1. The zero-order valence-electron chi connectivity index (χ0n) is 9.21. The second-order valence-corrected chi connectivity index (χ2v) is 3.63. The van der Waals surface area contributed by atoms with E-state index >= 15 is 0 Å². The molecular formula is C10H10N4O4. The van der Waals surface area contributed by atoms with E-state index in [4.69, 9.17) is 10.9 Å². The standard InChI is InChI=1S/C10H10N4O4/c11-13-9-8(10(17)18)5(3-4-12-9)14-6(15)1-2-7(14)16/h3-4H,1-2,11H2,(H,12,13)(H,17,18). The van der Waals surface area contributed by atoms with E-state index in [1.54, 1.807) is 0 Å². The molecule has 0 unspecified atom stereocenters. The summed E-state index contributed by atoms with van der Waals surface area (Å²) >= 11 is 0. The zero-order valence-corrected chi connectivity index (χ0v) is 9.21. The normalized spacial score (nSPS) is 15.1. The Balaban J connectivity index is 2.60. The third-order valence-corrected chi connectivity index (χ3v) is 2.57. The number of nitrogen functional groups attached to an aromatic ring is 1. The number of pyridine rings is 1. The summed E-state index contributed by atoms with van der Waals surface area (Å²) in [5.41, 5.74) is 1.81. The molecular weight excluding hydrogens is 240 g/mol. The van der Waals surface area contributed by atoms with Gasteiger partial charge in [0.15, 0.2) is 5.82 Å². The molecule has 0 atom stereocenters. The maximum absolute atomic E-state index is 11.6. The van der Waals surface area contributed by atoms with Crippen LogP contribution in [0.1, 0.15) is 23.2 Å². The molecule has 1 aliphatic heterocycles. The predicted molar refractivity (Wildman–Crippen MR) is 60.7 cm³/mol. The van der Waals surface area contributed by atoms with E-state index in [1.807, 2.05) is 0 Å². The highest BCUT2D eigenvalue weighted by molar-refractivity contribution is 6.22. The Morgan fingerprint density at radius 1 is 1.39 bits per heavy atom. The van der Waals surface area contributed by atoms with Crippen LogP contribution in [0.25, 0.3) is 0 Å². The number of rotatable bonds is 3. The lowest BCUT2D eigenvalue weighted by molar-refractivity contribution is -0.121. The molecule has 8 heteroatoms. The number of carbonyl (C=O) groups is 3. The second kappa shape index (κ2) is 4.41. The number of hydrogen-bond acceptors (Lipinski definition) is 6. The number of nitrogens with two attached hydrogens (primary N) is 1. The molecule has 8 nitrogen and oxygen atoms in total. The van der Waals surface area contributed by atoms with Crippen LogP contribution in [0, 0.1) is 0 Å². The number of nitrogens with zero attached hydrogens (tertiary/aromatic N) is 2. The highest BCUT2D eigenvalue weighted by Gasteiger charge is 2.34. The molecule has 2 heterocycles. The Kier molecular flexibility index (Phi) is 2.94. The fourth-order valence-electron chi connectivity index (χ4n) is 1.80. The first-order valence-corrected chi connectivity index (χ1v) is 5.11. The Morgan fingerprint density at radius 3 is 2.50 bits per heavy atom. The molecule has 2 amide bonds. The topological polar surface area (TPSA) is 126 Å². The molecule has 94 valence electrons. The van der Waals surface area contributed by atoms with Gasteiger partial charge in [-0.05, 0) is 6.07 Å². The van der Waals surface area contributed by atoms with Crippen molar-refractivity contribution in [3.63, 3.8) is 0 Å². The number of anilines is 2. The molecule has 4 N–H and O–H groups in total. The van der Waals surface area contributed by atoms with E-state index in [2.05, 4.69) is 10.4 Å². The number of nitrogens with one attached hydrogen (secondary N) is 1. The van der Waals surface area contributed by atoms with Crippen molar-refractivity contribution >= 4 is 29.3 Å². The Hall–Kier alpha value is -2.48. The van der Waals surface area contributed by atoms with Gasteiger partial charge in [0.25, 0.3) is 0 Å². The van der Waals surface area contributed by atoms with Gasteiger partial charge in [0.1, 0.15) is 5.56 Å². The van der Waals surface area contributed by atoms with Crippen molar-refractivity contribution in [2.45, 2.75) is 12.8 Å². The molecule has 0 spiro atoms. The van der Waals surface area contributed by atoms with Crippen molar-refractivity contribution in [3.05, 3.63) is 17.8 Å². The van der Waals surface area contributed by atoms with Gasteiger partial charge >= 0.3 is 5.97 Å². The Bertz CT molecular complexity index is 527. The highest BCUT2D eigenvalue weighted by Crippen LogP contribution is 2.29. The monoisotopic (exact) mass is 250 g/mol. The molecule has 0 aromatic carbocycles.